The Kier molecular flexibility index (Phi) is 9.74. The van der Waals surface area contributed by atoms with E-state index in [1.54, 1.807) is 42.7 Å². The average Bonchev–Trinajstić information content (AvgIpc) is 2.96. The number of rotatable bonds is 12. The van der Waals surface area contributed by atoms with Gasteiger partial charge in [0.1, 0.15) is 34.5 Å². The third-order valence-electron chi connectivity index (χ3n) is 7.00. The number of nitrogens with zero attached hydrogens (tertiary/aromatic N) is 3. The van der Waals surface area contributed by atoms with Crippen molar-refractivity contribution in [1.82, 2.24) is 0 Å². The van der Waals surface area contributed by atoms with Gasteiger partial charge in [-0.1, -0.05) is 0 Å². The lowest BCUT2D eigenvalue weighted by Crippen LogP contribution is -2.16. The first-order valence-corrected chi connectivity index (χ1v) is 12.9. The van der Waals surface area contributed by atoms with Crippen LogP contribution >= 0.6 is 0 Å². The van der Waals surface area contributed by atoms with Crippen LogP contribution in [0, 0.1) is 0 Å². The van der Waals surface area contributed by atoms with Gasteiger partial charge in [-0.25, -0.2) is 0 Å². The van der Waals surface area contributed by atoms with Gasteiger partial charge in [0.25, 0.3) is 0 Å². The van der Waals surface area contributed by atoms with Crippen LogP contribution in [0.15, 0.2) is 36.4 Å². The molecule has 0 fully saturated rings. The lowest BCUT2D eigenvalue weighted by Gasteiger charge is -2.31. The van der Waals surface area contributed by atoms with Crippen molar-refractivity contribution in [1.29, 1.82) is 0 Å². The number of hydrogen-bond donors (Lipinski definition) is 0. The van der Waals surface area contributed by atoms with Gasteiger partial charge in [-0.3, -0.25) is 0 Å². The van der Waals surface area contributed by atoms with Crippen LogP contribution in [-0.2, 0) is 0 Å². The van der Waals surface area contributed by atoms with Gasteiger partial charge in [-0.05, 0) is 0 Å². The lowest BCUT2D eigenvalue weighted by molar-refractivity contribution is 0.363. The van der Waals surface area contributed by atoms with E-state index >= 15 is 0 Å². The molecule has 0 amide bonds. The van der Waals surface area contributed by atoms with Crippen molar-refractivity contribution in [2.24, 2.45) is 0 Å². The van der Waals surface area contributed by atoms with E-state index in [-0.39, 0.29) is 0 Å². The number of ether oxygens (including phenoxy) is 6. The topological polar surface area (TPSA) is 65.1 Å². The standard InChI is InChI=1S/C31H43N3O6/c1-32(2)19-13-22(35-7)28(23(14-19)36-8)31(29-24(37-9)15-20(33(3)4)16-25(29)38-10)30-26(39-11)17-21(34(5)6)18-27(30)40-12/h13-18,31H,1-12H3. The van der Waals surface area contributed by atoms with Gasteiger partial charge in [0.2, 0.25) is 0 Å². The number of methoxy groups -OCH3 is 6. The predicted molar refractivity (Wildman–Crippen MR) is 163 cm³/mol. The molecule has 0 aliphatic heterocycles. The number of hydrogen-bond acceptors (Lipinski definition) is 9. The summed E-state index contributed by atoms with van der Waals surface area (Å²) >= 11 is 0. The summed E-state index contributed by atoms with van der Waals surface area (Å²) < 4.78 is 36.2. The van der Waals surface area contributed by atoms with Crippen LogP contribution in [0.5, 0.6) is 34.5 Å². The van der Waals surface area contributed by atoms with Crippen LogP contribution in [-0.4, -0.2) is 84.9 Å². The molecule has 3 rings (SSSR count). The highest BCUT2D eigenvalue weighted by Crippen LogP contribution is 2.55. The zero-order valence-electron chi connectivity index (χ0n) is 25.8. The van der Waals surface area contributed by atoms with Gasteiger partial charge >= 0.3 is 0 Å². The third-order valence-corrected chi connectivity index (χ3v) is 7.00. The molecular weight excluding hydrogens is 510 g/mol. The number of benzene rings is 3. The molecule has 0 heterocycles. The van der Waals surface area contributed by atoms with Gasteiger partial charge in [0.15, 0.2) is 0 Å². The second-order valence-corrected chi connectivity index (χ2v) is 9.91. The maximum absolute atomic E-state index is 6.03. The lowest BCUT2D eigenvalue weighted by atomic mass is 9.81. The van der Waals surface area contributed by atoms with Gasteiger partial charge < -0.3 is 43.1 Å². The van der Waals surface area contributed by atoms with Crippen LogP contribution in [0.3, 0.4) is 0 Å². The molecule has 9 nitrogen and oxygen atoms in total. The van der Waals surface area contributed by atoms with Crippen molar-refractivity contribution in [3.63, 3.8) is 0 Å². The molecule has 0 spiro atoms. The molecule has 0 aliphatic rings. The highest BCUT2D eigenvalue weighted by molar-refractivity contribution is 5.73. The molecule has 3 aromatic rings. The normalized spacial score (nSPS) is 10.7. The van der Waals surface area contributed by atoms with Crippen LogP contribution in [0.2, 0.25) is 0 Å². The first kappa shape index (κ1) is 30.4. The van der Waals surface area contributed by atoms with Gasteiger partial charge in [-0.2, -0.15) is 0 Å². The molecule has 218 valence electrons. The maximum Gasteiger partial charge on any atom is 0.128 e. The Labute approximate surface area is 238 Å². The quantitative estimate of drug-likeness (QED) is 0.285. The third kappa shape index (κ3) is 5.73. The Balaban J connectivity index is 2.62. The van der Waals surface area contributed by atoms with E-state index in [4.69, 9.17) is 28.4 Å². The molecular formula is C31H43N3O6. The number of anilines is 3. The molecule has 0 saturated carbocycles. The predicted octanol–water partition coefficient (Wildman–Crippen LogP) is 5.12. The summed E-state index contributed by atoms with van der Waals surface area (Å²) in [5, 5.41) is 0. The van der Waals surface area contributed by atoms with Crippen molar-refractivity contribution in [3.8, 4) is 34.5 Å². The van der Waals surface area contributed by atoms with E-state index in [2.05, 4.69) is 0 Å². The molecule has 0 aromatic heterocycles. The summed E-state index contributed by atoms with van der Waals surface area (Å²) in [5.74, 6) is 3.26. The summed E-state index contributed by atoms with van der Waals surface area (Å²) in [4.78, 5) is 6.01. The fraction of sp³-hybridized carbons (Fsp3) is 0.419. The molecule has 0 saturated heterocycles. The first-order valence-electron chi connectivity index (χ1n) is 12.9. The molecule has 0 N–H and O–H groups in total. The summed E-state index contributed by atoms with van der Waals surface area (Å²) in [6, 6.07) is 11.9. The van der Waals surface area contributed by atoms with Crippen molar-refractivity contribution >= 4 is 17.1 Å². The molecule has 0 atom stereocenters. The highest BCUT2D eigenvalue weighted by atomic mass is 16.5. The zero-order valence-corrected chi connectivity index (χ0v) is 25.8. The summed E-state index contributed by atoms with van der Waals surface area (Å²) in [6.45, 7) is 0. The Hall–Kier alpha value is -4.14. The SMILES string of the molecule is COc1cc(N(C)C)cc(OC)c1C(c1c(OC)cc(N(C)C)cc1OC)c1c(OC)cc(N(C)C)cc1OC. The molecule has 0 radical (unpaired) electrons. The zero-order chi connectivity index (χ0) is 29.7. The van der Waals surface area contributed by atoms with Crippen LogP contribution in [0.4, 0.5) is 17.1 Å². The van der Waals surface area contributed by atoms with Gasteiger partial charge in [0.05, 0.1) is 48.6 Å². The summed E-state index contributed by atoms with van der Waals surface area (Å²) in [5.41, 5.74) is 5.12. The minimum Gasteiger partial charge on any atom is -0.496 e. The van der Waals surface area contributed by atoms with Crippen molar-refractivity contribution in [2.45, 2.75) is 5.92 Å². The van der Waals surface area contributed by atoms with Crippen LogP contribution in [0.1, 0.15) is 22.6 Å². The summed E-state index contributed by atoms with van der Waals surface area (Å²) in [6.07, 6.45) is 0. The second-order valence-electron chi connectivity index (χ2n) is 9.91. The Morgan fingerprint density at radius 3 is 0.675 bits per heavy atom. The Morgan fingerprint density at radius 2 is 0.550 bits per heavy atom. The Morgan fingerprint density at radius 1 is 0.375 bits per heavy atom. The van der Waals surface area contributed by atoms with E-state index in [9.17, 15) is 0 Å². The van der Waals surface area contributed by atoms with Crippen molar-refractivity contribution in [3.05, 3.63) is 53.1 Å². The average molecular weight is 554 g/mol. The van der Waals surface area contributed by atoms with Crippen molar-refractivity contribution < 1.29 is 28.4 Å². The molecule has 9 heteroatoms. The minimum atomic E-state index is -0.539. The van der Waals surface area contributed by atoms with E-state index in [1.165, 1.54) is 0 Å². The van der Waals surface area contributed by atoms with E-state index in [0.717, 1.165) is 33.8 Å². The maximum atomic E-state index is 6.03. The van der Waals surface area contributed by atoms with E-state index in [1.807, 2.05) is 93.4 Å². The van der Waals surface area contributed by atoms with Crippen LogP contribution in [0.25, 0.3) is 0 Å². The highest BCUT2D eigenvalue weighted by Gasteiger charge is 2.36. The second kappa shape index (κ2) is 12.8. The largest absolute Gasteiger partial charge is 0.496 e. The fourth-order valence-corrected chi connectivity index (χ4v) is 4.84. The van der Waals surface area contributed by atoms with E-state index in [0.29, 0.717) is 34.5 Å². The molecule has 0 aliphatic carbocycles. The molecule has 0 unspecified atom stereocenters. The molecule has 0 bridgehead atoms. The van der Waals surface area contributed by atoms with E-state index < -0.39 is 5.92 Å². The summed E-state index contributed by atoms with van der Waals surface area (Å²) in [7, 11) is 21.8. The molecule has 40 heavy (non-hydrogen) atoms. The smallest absolute Gasteiger partial charge is 0.128 e. The Bertz CT molecular complexity index is 1090. The van der Waals surface area contributed by atoms with Crippen molar-refractivity contribution in [2.75, 3.05) is 99.6 Å². The monoisotopic (exact) mass is 553 g/mol. The minimum absolute atomic E-state index is 0.539. The first-order chi connectivity index (χ1) is 19.1. The molecule has 3 aromatic carbocycles. The van der Waals surface area contributed by atoms with Gasteiger partial charge in [0, 0.05) is 112 Å². The fourth-order valence-electron chi connectivity index (χ4n) is 4.84. The van der Waals surface area contributed by atoms with Gasteiger partial charge in [-0.15, -0.1) is 0 Å². The van der Waals surface area contributed by atoms with Crippen LogP contribution < -0.4 is 43.1 Å².